The first-order valence-corrected chi connectivity index (χ1v) is 4.46. The maximum atomic E-state index is 11.2. The molecule has 1 heterocycles. The predicted molar refractivity (Wildman–Crippen MR) is 45.8 cm³/mol. The highest BCUT2D eigenvalue weighted by Gasteiger charge is 2.27. The highest BCUT2D eigenvalue weighted by molar-refractivity contribution is 9.10. The van der Waals surface area contributed by atoms with E-state index in [1.807, 2.05) is 11.5 Å². The fourth-order valence-electron chi connectivity index (χ4n) is 1.28. The Morgan fingerprint density at radius 3 is 2.64 bits per heavy atom. The lowest BCUT2D eigenvalue weighted by Gasteiger charge is -1.98. The van der Waals surface area contributed by atoms with Crippen LogP contribution in [0, 0.1) is 6.92 Å². The molecular formula is C7H9BrN2O. The molecule has 60 valence electrons. The van der Waals surface area contributed by atoms with Gasteiger partial charge in [-0.05, 0) is 35.7 Å². The summed E-state index contributed by atoms with van der Waals surface area (Å²) in [4.78, 5) is 13.9. The summed E-state index contributed by atoms with van der Waals surface area (Å²) in [5, 5.41) is 0. The second-order valence-electron chi connectivity index (χ2n) is 2.93. The molecule has 1 aromatic rings. The van der Waals surface area contributed by atoms with Crippen molar-refractivity contribution in [3.63, 3.8) is 0 Å². The molecule has 0 aliphatic heterocycles. The number of aromatic nitrogens is 2. The number of aromatic amines is 1. The molecule has 0 aromatic carbocycles. The number of nitrogens with one attached hydrogen (secondary N) is 1. The first-order valence-electron chi connectivity index (χ1n) is 3.67. The molecule has 0 atom stereocenters. The molecule has 0 spiro atoms. The zero-order chi connectivity index (χ0) is 8.01. The van der Waals surface area contributed by atoms with E-state index in [0.29, 0.717) is 6.04 Å². The minimum Gasteiger partial charge on any atom is -0.300 e. The molecule has 0 saturated heterocycles. The number of nitrogens with zero attached hydrogens (tertiary/aromatic N) is 1. The number of imidazole rings is 1. The van der Waals surface area contributed by atoms with E-state index in [4.69, 9.17) is 0 Å². The fourth-order valence-corrected chi connectivity index (χ4v) is 1.64. The van der Waals surface area contributed by atoms with Crippen LogP contribution < -0.4 is 5.69 Å². The summed E-state index contributed by atoms with van der Waals surface area (Å²) in [7, 11) is 0. The van der Waals surface area contributed by atoms with Gasteiger partial charge in [0.05, 0.1) is 5.69 Å². The monoisotopic (exact) mass is 216 g/mol. The predicted octanol–water partition coefficient (Wildman–Crippen LogP) is 1.58. The summed E-state index contributed by atoms with van der Waals surface area (Å²) in [6.07, 6.45) is 2.29. The third kappa shape index (κ3) is 1.05. The Kier molecular flexibility index (Phi) is 1.45. The van der Waals surface area contributed by atoms with Gasteiger partial charge in [0.15, 0.2) is 0 Å². The number of hydrogen-bond acceptors (Lipinski definition) is 1. The second kappa shape index (κ2) is 2.24. The Morgan fingerprint density at radius 2 is 2.27 bits per heavy atom. The molecule has 4 heteroatoms. The quantitative estimate of drug-likeness (QED) is 0.761. The summed E-state index contributed by atoms with van der Waals surface area (Å²) < 4.78 is 2.64. The Hall–Kier alpha value is -0.510. The average molecular weight is 217 g/mol. The van der Waals surface area contributed by atoms with E-state index in [-0.39, 0.29) is 5.69 Å². The largest absolute Gasteiger partial charge is 0.326 e. The van der Waals surface area contributed by atoms with E-state index in [1.54, 1.807) is 0 Å². The molecule has 3 nitrogen and oxygen atoms in total. The summed E-state index contributed by atoms with van der Waals surface area (Å²) in [6, 6.07) is 0.463. The van der Waals surface area contributed by atoms with Crippen molar-refractivity contribution in [1.82, 2.24) is 9.55 Å². The molecule has 1 aliphatic carbocycles. The lowest BCUT2D eigenvalue weighted by Crippen LogP contribution is -2.16. The summed E-state index contributed by atoms with van der Waals surface area (Å²) in [5.41, 5.74) is 1.02. The van der Waals surface area contributed by atoms with Crippen molar-refractivity contribution in [1.29, 1.82) is 0 Å². The van der Waals surface area contributed by atoms with Gasteiger partial charge in [0.1, 0.15) is 4.60 Å². The Morgan fingerprint density at radius 1 is 1.64 bits per heavy atom. The zero-order valence-electron chi connectivity index (χ0n) is 6.22. The van der Waals surface area contributed by atoms with Gasteiger partial charge in [0.2, 0.25) is 0 Å². The molecule has 0 radical (unpaired) electrons. The van der Waals surface area contributed by atoms with Gasteiger partial charge in [-0.25, -0.2) is 4.79 Å². The normalized spacial score (nSPS) is 17.3. The van der Waals surface area contributed by atoms with Crippen LogP contribution in [0.1, 0.15) is 24.6 Å². The minimum atomic E-state index is 0.0110. The van der Waals surface area contributed by atoms with Crippen LogP contribution >= 0.6 is 15.9 Å². The molecule has 1 N–H and O–H groups in total. The van der Waals surface area contributed by atoms with Crippen LogP contribution in [0.25, 0.3) is 0 Å². The molecule has 1 fully saturated rings. The molecule has 2 rings (SSSR count). The van der Waals surface area contributed by atoms with Crippen molar-refractivity contribution in [2.24, 2.45) is 0 Å². The van der Waals surface area contributed by atoms with Crippen LogP contribution in [0.5, 0.6) is 0 Å². The van der Waals surface area contributed by atoms with Gasteiger partial charge in [0.25, 0.3) is 0 Å². The van der Waals surface area contributed by atoms with Gasteiger partial charge in [-0.3, -0.25) is 9.55 Å². The molecule has 1 aromatic heterocycles. The van der Waals surface area contributed by atoms with E-state index >= 15 is 0 Å². The van der Waals surface area contributed by atoms with Gasteiger partial charge in [-0.15, -0.1) is 0 Å². The van der Waals surface area contributed by atoms with Crippen LogP contribution in [0.3, 0.4) is 0 Å². The molecule has 0 unspecified atom stereocenters. The highest BCUT2D eigenvalue weighted by atomic mass is 79.9. The van der Waals surface area contributed by atoms with Crippen LogP contribution in [0.4, 0.5) is 0 Å². The Labute approximate surface area is 72.6 Å². The van der Waals surface area contributed by atoms with Crippen LogP contribution in [0.2, 0.25) is 0 Å². The standard InChI is InChI=1S/C7H9BrN2O/c1-4-6(8)9-7(11)10(4)5-2-3-5/h5H,2-3H2,1H3,(H,9,11). The SMILES string of the molecule is Cc1c(Br)[nH]c(=O)n1C1CC1. The number of rotatable bonds is 1. The van der Waals surface area contributed by atoms with Crippen molar-refractivity contribution in [2.75, 3.05) is 0 Å². The highest BCUT2D eigenvalue weighted by Crippen LogP contribution is 2.35. The third-order valence-electron chi connectivity index (χ3n) is 2.03. The Bertz CT molecular complexity index is 335. The van der Waals surface area contributed by atoms with Gasteiger partial charge in [0, 0.05) is 6.04 Å². The smallest absolute Gasteiger partial charge is 0.300 e. The third-order valence-corrected chi connectivity index (χ3v) is 2.80. The van der Waals surface area contributed by atoms with Crippen LogP contribution in [0.15, 0.2) is 9.40 Å². The molecule has 11 heavy (non-hydrogen) atoms. The summed E-state index contributed by atoms with van der Waals surface area (Å²) in [6.45, 7) is 1.94. The lowest BCUT2D eigenvalue weighted by atomic mass is 10.5. The van der Waals surface area contributed by atoms with Crippen molar-refractivity contribution in [3.8, 4) is 0 Å². The number of H-pyrrole nitrogens is 1. The fraction of sp³-hybridized carbons (Fsp3) is 0.571. The van der Waals surface area contributed by atoms with E-state index in [1.165, 1.54) is 0 Å². The summed E-state index contributed by atoms with van der Waals surface area (Å²) in [5.74, 6) is 0. The van der Waals surface area contributed by atoms with Gasteiger partial charge in [-0.2, -0.15) is 0 Å². The maximum absolute atomic E-state index is 11.2. The van der Waals surface area contributed by atoms with Crippen molar-refractivity contribution in [2.45, 2.75) is 25.8 Å². The van der Waals surface area contributed by atoms with Crippen molar-refractivity contribution in [3.05, 3.63) is 20.8 Å². The number of halogens is 1. The topological polar surface area (TPSA) is 37.8 Å². The molecule has 0 amide bonds. The molecule has 1 aliphatic rings. The molecule has 0 bridgehead atoms. The molecule has 1 saturated carbocycles. The lowest BCUT2D eigenvalue weighted by molar-refractivity contribution is 0.688. The van der Waals surface area contributed by atoms with Crippen molar-refractivity contribution < 1.29 is 0 Å². The van der Waals surface area contributed by atoms with Gasteiger partial charge in [-0.1, -0.05) is 0 Å². The van der Waals surface area contributed by atoms with Gasteiger partial charge < -0.3 is 0 Å². The van der Waals surface area contributed by atoms with E-state index in [2.05, 4.69) is 20.9 Å². The first-order chi connectivity index (χ1) is 5.20. The van der Waals surface area contributed by atoms with E-state index in [9.17, 15) is 4.79 Å². The average Bonchev–Trinajstić information content (AvgIpc) is 2.68. The van der Waals surface area contributed by atoms with Gasteiger partial charge >= 0.3 is 5.69 Å². The second-order valence-corrected chi connectivity index (χ2v) is 3.72. The van der Waals surface area contributed by atoms with Crippen LogP contribution in [-0.4, -0.2) is 9.55 Å². The van der Waals surface area contributed by atoms with Crippen molar-refractivity contribution >= 4 is 15.9 Å². The van der Waals surface area contributed by atoms with Crippen LogP contribution in [-0.2, 0) is 0 Å². The minimum absolute atomic E-state index is 0.0110. The molecular weight excluding hydrogens is 208 g/mol. The first kappa shape index (κ1) is 7.16. The zero-order valence-corrected chi connectivity index (χ0v) is 7.81. The van der Waals surface area contributed by atoms with E-state index < -0.39 is 0 Å². The van der Waals surface area contributed by atoms with E-state index in [0.717, 1.165) is 23.1 Å². The number of hydrogen-bond donors (Lipinski definition) is 1. The summed E-state index contributed by atoms with van der Waals surface area (Å²) >= 11 is 3.29. The maximum Gasteiger partial charge on any atom is 0.326 e. The Balaban J connectivity index is 2.59.